The minimum Gasteiger partial charge on any atom is -0.389 e. The Morgan fingerprint density at radius 2 is 1.86 bits per heavy atom. The number of aliphatic hydroxyl groups is 1. The van der Waals surface area contributed by atoms with Crippen LogP contribution >= 0.6 is 0 Å². The molecule has 3 nitrogen and oxygen atoms in total. The van der Waals surface area contributed by atoms with Gasteiger partial charge in [-0.05, 0) is 70.1 Å². The molecular formula is C19H35NO2. The Labute approximate surface area is 136 Å². The van der Waals surface area contributed by atoms with Crippen molar-refractivity contribution in [3.63, 3.8) is 0 Å². The molecule has 0 spiro atoms. The predicted octanol–water partition coefficient (Wildman–Crippen LogP) is 3.45. The van der Waals surface area contributed by atoms with Gasteiger partial charge in [-0.3, -0.25) is 4.90 Å². The molecule has 0 unspecified atom stereocenters. The first-order valence-electron chi connectivity index (χ1n) is 9.65. The highest BCUT2D eigenvalue weighted by molar-refractivity contribution is 4.89. The lowest BCUT2D eigenvalue weighted by atomic mass is 9.87. The molecule has 0 aromatic rings. The molecule has 2 saturated carbocycles. The summed E-state index contributed by atoms with van der Waals surface area (Å²) >= 11 is 0. The molecule has 6 atom stereocenters. The van der Waals surface area contributed by atoms with E-state index in [4.69, 9.17) is 4.74 Å². The SMILES string of the molecule is C[C@H]1CCC[C@H](C)N1C[C@H](O)COCC[C@@H]1C[C@@H]2CC[C@@H]1C2. The Morgan fingerprint density at radius 1 is 1.09 bits per heavy atom. The molecule has 0 radical (unpaired) electrons. The molecule has 1 aliphatic heterocycles. The first-order valence-corrected chi connectivity index (χ1v) is 9.65. The number of ether oxygens (including phenoxy) is 1. The minimum absolute atomic E-state index is 0.331. The second kappa shape index (κ2) is 7.63. The van der Waals surface area contributed by atoms with Crippen molar-refractivity contribution < 1.29 is 9.84 Å². The third kappa shape index (κ3) is 4.04. The second-order valence-corrected chi connectivity index (χ2v) is 8.28. The van der Waals surface area contributed by atoms with Gasteiger partial charge in [-0.2, -0.15) is 0 Å². The zero-order valence-corrected chi connectivity index (χ0v) is 14.5. The predicted molar refractivity (Wildman–Crippen MR) is 89.9 cm³/mol. The first kappa shape index (κ1) is 16.7. The minimum atomic E-state index is -0.331. The zero-order valence-electron chi connectivity index (χ0n) is 14.5. The molecule has 3 aliphatic rings. The van der Waals surface area contributed by atoms with E-state index in [-0.39, 0.29) is 6.10 Å². The standard InChI is InChI=1S/C19H35NO2/c1-14-4-3-5-15(2)20(14)12-19(21)13-22-9-8-18-11-16-6-7-17(18)10-16/h14-19,21H,3-13H2,1-2H3/t14-,15-,16+,17+,18+,19-/m0/s1. The van der Waals surface area contributed by atoms with Crippen molar-refractivity contribution >= 4 is 0 Å². The molecule has 3 rings (SSSR count). The van der Waals surface area contributed by atoms with E-state index in [2.05, 4.69) is 18.7 Å². The molecule has 3 fully saturated rings. The van der Waals surface area contributed by atoms with Crippen molar-refractivity contribution in [2.24, 2.45) is 17.8 Å². The average Bonchev–Trinajstić information content (AvgIpc) is 3.10. The fraction of sp³-hybridized carbons (Fsp3) is 1.00. The highest BCUT2D eigenvalue weighted by Gasteiger charge is 2.38. The summed E-state index contributed by atoms with van der Waals surface area (Å²) in [6.45, 7) is 6.71. The van der Waals surface area contributed by atoms with E-state index in [0.29, 0.717) is 18.7 Å². The van der Waals surface area contributed by atoms with Crippen LogP contribution in [0, 0.1) is 17.8 Å². The van der Waals surface area contributed by atoms with Crippen LogP contribution in [0.15, 0.2) is 0 Å². The van der Waals surface area contributed by atoms with Crippen molar-refractivity contribution in [3.8, 4) is 0 Å². The van der Waals surface area contributed by atoms with Gasteiger partial charge in [0.1, 0.15) is 0 Å². The van der Waals surface area contributed by atoms with E-state index in [9.17, 15) is 5.11 Å². The van der Waals surface area contributed by atoms with Crippen LogP contribution in [0.1, 0.15) is 65.2 Å². The van der Waals surface area contributed by atoms with Crippen LogP contribution in [0.2, 0.25) is 0 Å². The van der Waals surface area contributed by atoms with Crippen molar-refractivity contribution in [2.75, 3.05) is 19.8 Å². The van der Waals surface area contributed by atoms with Gasteiger partial charge in [0, 0.05) is 25.2 Å². The number of aliphatic hydroxyl groups excluding tert-OH is 1. The second-order valence-electron chi connectivity index (χ2n) is 8.28. The highest BCUT2D eigenvalue weighted by atomic mass is 16.5. The number of piperidine rings is 1. The molecule has 22 heavy (non-hydrogen) atoms. The number of hydrogen-bond acceptors (Lipinski definition) is 3. The third-order valence-electron chi connectivity index (χ3n) is 6.63. The largest absolute Gasteiger partial charge is 0.389 e. The topological polar surface area (TPSA) is 32.7 Å². The molecule has 128 valence electrons. The summed E-state index contributed by atoms with van der Waals surface area (Å²) in [5.74, 6) is 2.94. The van der Waals surface area contributed by atoms with E-state index in [1.165, 1.54) is 51.4 Å². The van der Waals surface area contributed by atoms with E-state index >= 15 is 0 Å². The number of β-amino-alcohol motifs (C(OH)–C–C–N with tert-alkyl or cyclic N) is 1. The summed E-state index contributed by atoms with van der Waals surface area (Å²) in [6, 6.07) is 1.21. The summed E-state index contributed by atoms with van der Waals surface area (Å²) in [4.78, 5) is 2.47. The van der Waals surface area contributed by atoms with Crippen LogP contribution in [0.5, 0.6) is 0 Å². The number of rotatable bonds is 7. The fourth-order valence-electron chi connectivity index (χ4n) is 5.31. The molecule has 0 amide bonds. The maximum atomic E-state index is 10.3. The van der Waals surface area contributed by atoms with E-state index in [1.807, 2.05) is 0 Å². The summed E-state index contributed by atoms with van der Waals surface area (Å²) in [5, 5.41) is 10.3. The summed E-state index contributed by atoms with van der Waals surface area (Å²) < 4.78 is 5.80. The Kier molecular flexibility index (Phi) is 5.80. The molecule has 2 aliphatic carbocycles. The van der Waals surface area contributed by atoms with Gasteiger partial charge in [-0.15, -0.1) is 0 Å². The van der Waals surface area contributed by atoms with Crippen LogP contribution in [0.4, 0.5) is 0 Å². The van der Waals surface area contributed by atoms with Gasteiger partial charge in [0.15, 0.2) is 0 Å². The van der Waals surface area contributed by atoms with Crippen LogP contribution < -0.4 is 0 Å². The number of nitrogens with zero attached hydrogens (tertiary/aromatic N) is 1. The Hall–Kier alpha value is -0.120. The lowest BCUT2D eigenvalue weighted by Gasteiger charge is -2.40. The van der Waals surface area contributed by atoms with Gasteiger partial charge in [-0.1, -0.05) is 12.8 Å². The van der Waals surface area contributed by atoms with Gasteiger partial charge in [0.25, 0.3) is 0 Å². The lowest BCUT2D eigenvalue weighted by Crippen LogP contribution is -2.48. The molecule has 1 N–H and O–H groups in total. The van der Waals surface area contributed by atoms with Gasteiger partial charge in [0.05, 0.1) is 12.7 Å². The van der Waals surface area contributed by atoms with E-state index in [0.717, 1.165) is 30.9 Å². The quantitative estimate of drug-likeness (QED) is 0.731. The van der Waals surface area contributed by atoms with Crippen molar-refractivity contribution in [3.05, 3.63) is 0 Å². The maximum Gasteiger partial charge on any atom is 0.0900 e. The fourth-order valence-corrected chi connectivity index (χ4v) is 5.31. The average molecular weight is 309 g/mol. The van der Waals surface area contributed by atoms with Gasteiger partial charge >= 0.3 is 0 Å². The zero-order chi connectivity index (χ0) is 15.5. The molecule has 0 aromatic carbocycles. The van der Waals surface area contributed by atoms with Crippen LogP contribution in [-0.4, -0.2) is 48.0 Å². The van der Waals surface area contributed by atoms with E-state index in [1.54, 1.807) is 0 Å². The smallest absolute Gasteiger partial charge is 0.0900 e. The molecule has 1 heterocycles. The number of fused-ring (bicyclic) bond motifs is 2. The Balaban J connectivity index is 1.30. The van der Waals surface area contributed by atoms with Crippen LogP contribution in [-0.2, 0) is 4.74 Å². The summed E-state index contributed by atoms with van der Waals surface area (Å²) in [7, 11) is 0. The normalized spacial score (nSPS) is 40.2. The molecule has 3 heteroatoms. The van der Waals surface area contributed by atoms with Crippen LogP contribution in [0.3, 0.4) is 0 Å². The Bertz CT molecular complexity index is 338. The molecule has 2 bridgehead atoms. The maximum absolute atomic E-state index is 10.3. The third-order valence-corrected chi connectivity index (χ3v) is 6.63. The summed E-state index contributed by atoms with van der Waals surface area (Å²) in [5.41, 5.74) is 0. The van der Waals surface area contributed by atoms with Crippen molar-refractivity contribution in [2.45, 2.75) is 83.4 Å². The first-order chi connectivity index (χ1) is 10.6. The van der Waals surface area contributed by atoms with Crippen molar-refractivity contribution in [1.29, 1.82) is 0 Å². The van der Waals surface area contributed by atoms with E-state index < -0.39 is 0 Å². The van der Waals surface area contributed by atoms with Gasteiger partial charge in [-0.25, -0.2) is 0 Å². The monoisotopic (exact) mass is 309 g/mol. The number of hydrogen-bond donors (Lipinski definition) is 1. The van der Waals surface area contributed by atoms with Gasteiger partial charge < -0.3 is 9.84 Å². The number of likely N-dealkylation sites (tertiary alicyclic amines) is 1. The van der Waals surface area contributed by atoms with Gasteiger partial charge in [0.2, 0.25) is 0 Å². The summed E-state index contributed by atoms with van der Waals surface area (Å²) in [6.07, 6.45) is 10.6. The molecule has 1 saturated heterocycles. The van der Waals surface area contributed by atoms with Crippen molar-refractivity contribution in [1.82, 2.24) is 4.90 Å². The Morgan fingerprint density at radius 3 is 2.50 bits per heavy atom. The highest BCUT2D eigenvalue weighted by Crippen LogP contribution is 2.49. The lowest BCUT2D eigenvalue weighted by molar-refractivity contribution is -0.0123. The van der Waals surface area contributed by atoms with Crippen LogP contribution in [0.25, 0.3) is 0 Å². The molecule has 0 aromatic heterocycles. The molecular weight excluding hydrogens is 274 g/mol.